The fraction of sp³-hybridized carbons (Fsp3) is 0.200. The summed E-state index contributed by atoms with van der Waals surface area (Å²) in [7, 11) is 3.88. The van der Waals surface area contributed by atoms with Crippen LogP contribution in [0, 0.1) is 0 Å². The molecule has 4 rings (SSSR count). The van der Waals surface area contributed by atoms with Crippen LogP contribution >= 0.6 is 15.9 Å². The number of nitrogens with one attached hydrogen (secondary N) is 1. The molecule has 4 aromatic rings. The molecule has 0 unspecified atom stereocenters. The largest absolute Gasteiger partial charge is 0.493 e. The molecule has 0 spiro atoms. The molecule has 3 aromatic carbocycles. The Kier molecular flexibility index (Phi) is 9.75. The second-order valence-corrected chi connectivity index (χ2v) is 9.51. The molecule has 212 valence electrons. The first-order valence-electron chi connectivity index (χ1n) is 12.5. The van der Waals surface area contributed by atoms with E-state index in [1.165, 1.54) is 26.0 Å². The van der Waals surface area contributed by atoms with Crippen molar-refractivity contribution in [2.75, 3.05) is 34.5 Å². The lowest BCUT2D eigenvalue weighted by Gasteiger charge is -2.14. The number of rotatable bonds is 11. The van der Waals surface area contributed by atoms with E-state index in [1.54, 1.807) is 36.4 Å². The Morgan fingerprint density at radius 2 is 1.54 bits per heavy atom. The Morgan fingerprint density at radius 3 is 2.17 bits per heavy atom. The molecule has 1 amide bonds. The third-order valence-corrected chi connectivity index (χ3v) is 6.76. The summed E-state index contributed by atoms with van der Waals surface area (Å²) in [5, 5.41) is 7.45. The van der Waals surface area contributed by atoms with Gasteiger partial charge in [-0.3, -0.25) is 4.79 Å². The van der Waals surface area contributed by atoms with Gasteiger partial charge in [-0.25, -0.2) is 14.3 Å². The van der Waals surface area contributed by atoms with Crippen LogP contribution in [-0.2, 0) is 20.7 Å². The van der Waals surface area contributed by atoms with Gasteiger partial charge in [0.1, 0.15) is 11.3 Å². The van der Waals surface area contributed by atoms with Gasteiger partial charge in [-0.15, -0.1) is 0 Å². The summed E-state index contributed by atoms with van der Waals surface area (Å²) in [6.07, 6.45) is 0.696. The van der Waals surface area contributed by atoms with Crippen LogP contribution in [0.25, 0.3) is 16.9 Å². The van der Waals surface area contributed by atoms with Crippen LogP contribution < -0.4 is 14.8 Å². The van der Waals surface area contributed by atoms with E-state index in [0.29, 0.717) is 28.7 Å². The smallest absolute Gasteiger partial charge is 0.357 e. The highest BCUT2D eigenvalue weighted by Gasteiger charge is 2.32. The molecular weight excluding hydrogens is 594 g/mol. The van der Waals surface area contributed by atoms with E-state index >= 15 is 0 Å². The summed E-state index contributed by atoms with van der Waals surface area (Å²) in [6.45, 7) is 0.231. The maximum atomic E-state index is 13.0. The Morgan fingerprint density at radius 1 is 0.878 bits per heavy atom. The number of carbonyl (C=O) groups excluding carboxylic acids is 3. The molecule has 1 heterocycles. The van der Waals surface area contributed by atoms with Crippen molar-refractivity contribution in [2.45, 2.75) is 6.42 Å². The summed E-state index contributed by atoms with van der Waals surface area (Å²) >= 11 is 3.52. The Balaban J connectivity index is 1.64. The molecule has 0 fully saturated rings. The second kappa shape index (κ2) is 13.6. The van der Waals surface area contributed by atoms with Crippen molar-refractivity contribution in [3.63, 3.8) is 0 Å². The minimum absolute atomic E-state index is 0.0857. The van der Waals surface area contributed by atoms with Gasteiger partial charge in [0, 0.05) is 16.6 Å². The Hall–Kier alpha value is -4.64. The van der Waals surface area contributed by atoms with Crippen LogP contribution in [0.5, 0.6) is 11.5 Å². The molecule has 0 aliphatic heterocycles. The average Bonchev–Trinajstić information content (AvgIpc) is 3.40. The normalized spacial score (nSPS) is 10.5. The Bertz CT molecular complexity index is 1540. The fourth-order valence-corrected chi connectivity index (χ4v) is 4.63. The molecule has 1 N–H and O–H groups in total. The first-order chi connectivity index (χ1) is 19.9. The van der Waals surface area contributed by atoms with E-state index in [-0.39, 0.29) is 41.0 Å². The van der Waals surface area contributed by atoms with Crippen LogP contribution in [-0.4, -0.2) is 62.1 Å². The molecule has 0 saturated carbocycles. The third-order valence-electron chi connectivity index (χ3n) is 6.10. The number of halogens is 1. The number of methoxy groups -OCH3 is 3. The first kappa shape index (κ1) is 29.3. The van der Waals surface area contributed by atoms with Crippen molar-refractivity contribution in [1.82, 2.24) is 15.1 Å². The van der Waals surface area contributed by atoms with Crippen molar-refractivity contribution in [1.29, 1.82) is 0 Å². The van der Waals surface area contributed by atoms with Crippen molar-refractivity contribution in [3.8, 4) is 28.4 Å². The van der Waals surface area contributed by atoms with Gasteiger partial charge in [-0.1, -0.05) is 48.5 Å². The second-order valence-electron chi connectivity index (χ2n) is 8.66. The van der Waals surface area contributed by atoms with Crippen molar-refractivity contribution < 1.29 is 33.3 Å². The molecule has 0 bridgehead atoms. The summed E-state index contributed by atoms with van der Waals surface area (Å²) < 4.78 is 23.1. The number of amides is 1. The highest BCUT2D eigenvalue weighted by molar-refractivity contribution is 9.10. The zero-order valence-electron chi connectivity index (χ0n) is 22.7. The van der Waals surface area contributed by atoms with E-state index in [1.807, 2.05) is 36.4 Å². The molecule has 0 saturated heterocycles. The van der Waals surface area contributed by atoms with Crippen LogP contribution in [0.4, 0.5) is 0 Å². The highest BCUT2D eigenvalue weighted by Crippen LogP contribution is 2.40. The average molecular weight is 622 g/mol. The van der Waals surface area contributed by atoms with Gasteiger partial charge in [-0.2, -0.15) is 5.10 Å². The topological polar surface area (TPSA) is 118 Å². The molecule has 0 atom stereocenters. The van der Waals surface area contributed by atoms with E-state index < -0.39 is 11.9 Å². The molecule has 0 radical (unpaired) electrons. The fourth-order valence-electron chi connectivity index (χ4n) is 4.12. The number of nitrogens with zero attached hydrogens (tertiary/aromatic N) is 2. The molecule has 41 heavy (non-hydrogen) atoms. The number of aromatic nitrogens is 2. The van der Waals surface area contributed by atoms with Crippen LogP contribution in [0.1, 0.15) is 26.4 Å². The lowest BCUT2D eigenvalue weighted by atomic mass is 10.0. The van der Waals surface area contributed by atoms with Gasteiger partial charge in [0.05, 0.1) is 27.0 Å². The number of hydrogen-bond acceptors (Lipinski definition) is 8. The number of hydrogen-bond donors (Lipinski definition) is 1. The van der Waals surface area contributed by atoms with E-state index in [4.69, 9.17) is 18.9 Å². The first-order valence-corrected chi connectivity index (χ1v) is 13.3. The van der Waals surface area contributed by atoms with E-state index in [0.717, 1.165) is 5.56 Å². The molecule has 11 heteroatoms. The number of para-hydroxylation sites is 1. The zero-order chi connectivity index (χ0) is 29.4. The predicted octanol–water partition coefficient (Wildman–Crippen LogP) is 4.62. The maximum absolute atomic E-state index is 13.0. The van der Waals surface area contributed by atoms with Crippen LogP contribution in [0.15, 0.2) is 77.3 Å². The minimum Gasteiger partial charge on any atom is -0.493 e. The van der Waals surface area contributed by atoms with Crippen molar-refractivity contribution >= 4 is 33.8 Å². The number of ether oxygens (including phenoxy) is 4. The summed E-state index contributed by atoms with van der Waals surface area (Å²) in [6, 6.07) is 21.9. The van der Waals surface area contributed by atoms with E-state index in [2.05, 4.69) is 26.3 Å². The monoisotopic (exact) mass is 621 g/mol. The standard InChI is InChI=1S/C30H28BrN3O7/c1-38-23-16-21(22(31)17-24(23)41-18-25(35)32-15-14-19-10-6-4-7-11-19)27-26(29(36)39-2)28(30(37)40-3)34(33-27)20-12-8-5-9-13-20/h4-13,16-17H,14-15,18H2,1-3H3,(H,32,35). The number of benzene rings is 3. The van der Waals surface area contributed by atoms with Gasteiger partial charge in [0.2, 0.25) is 0 Å². The lowest BCUT2D eigenvalue weighted by molar-refractivity contribution is -0.123. The highest BCUT2D eigenvalue weighted by atomic mass is 79.9. The summed E-state index contributed by atoms with van der Waals surface area (Å²) in [5.41, 5.74) is 2.03. The molecule has 10 nitrogen and oxygen atoms in total. The molecular formula is C30H28BrN3O7. The summed E-state index contributed by atoms with van der Waals surface area (Å²) in [4.78, 5) is 38.3. The van der Waals surface area contributed by atoms with E-state index in [9.17, 15) is 14.4 Å². The predicted molar refractivity (Wildman–Crippen MR) is 155 cm³/mol. The van der Waals surface area contributed by atoms with Gasteiger partial charge in [-0.05, 0) is 52.2 Å². The Labute approximate surface area is 245 Å². The minimum atomic E-state index is -0.777. The lowest BCUT2D eigenvalue weighted by Crippen LogP contribution is -2.30. The zero-order valence-corrected chi connectivity index (χ0v) is 24.3. The van der Waals surface area contributed by atoms with Gasteiger partial charge in [0.25, 0.3) is 5.91 Å². The maximum Gasteiger partial charge on any atom is 0.357 e. The van der Waals surface area contributed by atoms with Gasteiger partial charge >= 0.3 is 11.9 Å². The van der Waals surface area contributed by atoms with Crippen molar-refractivity contribution in [3.05, 3.63) is 94.1 Å². The van der Waals surface area contributed by atoms with Crippen molar-refractivity contribution in [2.24, 2.45) is 0 Å². The number of carbonyl (C=O) groups is 3. The molecule has 1 aromatic heterocycles. The molecule has 0 aliphatic rings. The quantitative estimate of drug-likeness (QED) is 0.241. The van der Waals surface area contributed by atoms with Crippen LogP contribution in [0.3, 0.4) is 0 Å². The van der Waals surface area contributed by atoms with Gasteiger partial charge < -0.3 is 24.3 Å². The molecule has 0 aliphatic carbocycles. The van der Waals surface area contributed by atoms with Crippen LogP contribution in [0.2, 0.25) is 0 Å². The SMILES string of the molecule is COC(=O)c1c(-c2cc(OC)c(OCC(=O)NCCc3ccccc3)cc2Br)nn(-c2ccccc2)c1C(=O)OC. The number of esters is 2. The van der Waals surface area contributed by atoms with Gasteiger partial charge in [0.15, 0.2) is 23.8 Å². The third kappa shape index (κ3) is 6.75. The summed E-state index contributed by atoms with van der Waals surface area (Å²) in [5.74, 6) is -1.27.